The minimum absolute atomic E-state index is 0.0851. The van der Waals surface area contributed by atoms with Gasteiger partial charge in [0.05, 0.1) is 35.0 Å². The molecular weight excluding hydrogens is 385 g/mol. The van der Waals surface area contributed by atoms with Gasteiger partial charge in [-0.3, -0.25) is 5.10 Å². The molecule has 0 radical (unpaired) electrons. The summed E-state index contributed by atoms with van der Waals surface area (Å²) in [4.78, 5) is 0.639. The van der Waals surface area contributed by atoms with E-state index in [9.17, 15) is 8.60 Å². The molecule has 0 saturated carbocycles. The highest BCUT2D eigenvalue weighted by atomic mass is 35.5. The summed E-state index contributed by atoms with van der Waals surface area (Å²) in [5.41, 5.74) is 3.71. The summed E-state index contributed by atoms with van der Waals surface area (Å²) in [6, 6.07) is 6.56. The van der Waals surface area contributed by atoms with E-state index in [1.165, 1.54) is 0 Å². The first-order valence-corrected chi connectivity index (χ1v) is 11.0. The summed E-state index contributed by atoms with van der Waals surface area (Å²) in [5.74, 6) is 4.02. The normalized spacial score (nSPS) is 31.1. The van der Waals surface area contributed by atoms with Crippen molar-refractivity contribution in [2.75, 3.05) is 7.05 Å². The van der Waals surface area contributed by atoms with Crippen molar-refractivity contribution >= 4 is 27.2 Å². The summed E-state index contributed by atoms with van der Waals surface area (Å²) in [6.07, 6.45) is 5.54. The average Bonchev–Trinajstić information content (AvgIpc) is 3.15. The third kappa shape index (κ3) is 2.09. The summed E-state index contributed by atoms with van der Waals surface area (Å²) >= 11 is 6.03. The minimum atomic E-state index is -2.81. The van der Waals surface area contributed by atoms with Crippen molar-refractivity contribution in [1.29, 1.82) is 0 Å². The number of aromatic nitrogens is 2. The molecule has 140 valence electrons. The predicted molar refractivity (Wildman–Crippen MR) is 105 cm³/mol. The number of allylic oxidation sites excluding steroid dienone is 1. The van der Waals surface area contributed by atoms with Gasteiger partial charge in [0.15, 0.2) is 6.04 Å². The second kappa shape index (κ2) is 5.56. The molecule has 3 heterocycles. The molecule has 4 nitrogen and oxygen atoms in total. The second-order valence-electron chi connectivity index (χ2n) is 7.61. The number of aromatic amines is 1. The molecule has 2 aliphatic heterocycles. The lowest BCUT2D eigenvalue weighted by Crippen LogP contribution is -2.58. The number of nitrogens with one attached hydrogen (secondary N) is 1. The van der Waals surface area contributed by atoms with Crippen LogP contribution in [0.15, 0.2) is 58.4 Å². The fourth-order valence-corrected chi connectivity index (χ4v) is 7.37. The van der Waals surface area contributed by atoms with Gasteiger partial charge < -0.3 is 0 Å². The summed E-state index contributed by atoms with van der Waals surface area (Å²) in [5, 5.41) is 7.83. The lowest BCUT2D eigenvalue weighted by atomic mass is 9.92. The highest BCUT2D eigenvalue weighted by molar-refractivity contribution is 7.95. The summed E-state index contributed by atoms with van der Waals surface area (Å²) < 4.78 is 29.4. The summed E-state index contributed by atoms with van der Waals surface area (Å²) in [6.45, 7) is 0. The van der Waals surface area contributed by atoms with E-state index in [-0.39, 0.29) is 21.8 Å². The largest absolute Gasteiger partial charge is 0.282 e. The van der Waals surface area contributed by atoms with Gasteiger partial charge in [-0.15, -0.1) is 0 Å². The van der Waals surface area contributed by atoms with Gasteiger partial charge in [0.2, 0.25) is 0 Å². The molecule has 7 heteroatoms. The first kappa shape index (κ1) is 17.2. The molecule has 4 unspecified atom stereocenters. The smallest absolute Gasteiger partial charge is 0.159 e. The Morgan fingerprint density at radius 3 is 2.85 bits per heavy atom. The monoisotopic (exact) mass is 404 g/mol. The molecular formula is C20H20ClFN3OS+. The predicted octanol–water partition coefficient (Wildman–Crippen LogP) is 4.12. The van der Waals surface area contributed by atoms with E-state index in [1.54, 1.807) is 36.5 Å². The Balaban J connectivity index is 1.76. The Morgan fingerprint density at radius 2 is 2.11 bits per heavy atom. The van der Waals surface area contributed by atoms with Gasteiger partial charge in [-0.05, 0) is 43.2 Å². The van der Waals surface area contributed by atoms with E-state index in [1.807, 2.05) is 7.05 Å². The number of halogens is 2. The van der Waals surface area contributed by atoms with Crippen molar-refractivity contribution < 1.29 is 12.5 Å². The Hall–Kier alpha value is -1.89. The van der Waals surface area contributed by atoms with E-state index >= 15 is 0 Å². The van der Waals surface area contributed by atoms with E-state index in [4.69, 9.17) is 11.6 Å². The molecule has 2 aromatic rings. The van der Waals surface area contributed by atoms with Gasteiger partial charge >= 0.3 is 0 Å². The first-order valence-electron chi connectivity index (χ1n) is 8.95. The number of benzene rings is 1. The number of quaternary nitrogens is 1. The summed E-state index contributed by atoms with van der Waals surface area (Å²) in [7, 11) is -0.856. The second-order valence-corrected chi connectivity index (χ2v) is 10.6. The van der Waals surface area contributed by atoms with Crippen LogP contribution in [0.3, 0.4) is 0 Å². The van der Waals surface area contributed by atoms with Crippen LogP contribution in [0.1, 0.15) is 30.1 Å². The standard InChI is InChI=1S/C20H20ClFN3OS/c1-25(27(2,26)13-8-6-12(21)7-9-13)18-10-17-15(11-23-24-17)20(25)19-14(18)4-3-5-16(19)22/h5-9,11,18,20H,2-4,10H2,1H3,(H,23,24)/q+1. The molecule has 0 spiro atoms. The zero-order valence-electron chi connectivity index (χ0n) is 14.9. The Labute approximate surface area is 163 Å². The molecule has 4 atom stereocenters. The maximum Gasteiger partial charge on any atom is 0.159 e. The maximum absolute atomic E-state index is 15.0. The highest BCUT2D eigenvalue weighted by Crippen LogP contribution is 2.58. The number of hydrogen-bond acceptors (Lipinski definition) is 2. The van der Waals surface area contributed by atoms with Gasteiger partial charge in [-0.25, -0.2) is 12.5 Å². The number of likely N-dealkylation sites (N-methyl/N-ethyl adjacent to an activating group) is 1. The molecule has 1 aliphatic carbocycles. The van der Waals surface area contributed by atoms with Crippen LogP contribution >= 0.6 is 11.6 Å². The van der Waals surface area contributed by atoms with Gasteiger partial charge in [0.25, 0.3) is 0 Å². The van der Waals surface area contributed by atoms with Crippen molar-refractivity contribution in [2.45, 2.75) is 36.2 Å². The van der Waals surface area contributed by atoms with Crippen LogP contribution in [-0.2, 0) is 16.1 Å². The van der Waals surface area contributed by atoms with Crippen molar-refractivity contribution in [1.82, 2.24) is 10.2 Å². The van der Waals surface area contributed by atoms with Gasteiger partial charge in [0.1, 0.15) is 21.6 Å². The molecule has 2 bridgehead atoms. The van der Waals surface area contributed by atoms with Gasteiger partial charge in [0, 0.05) is 22.9 Å². The van der Waals surface area contributed by atoms with Crippen LogP contribution in [-0.4, -0.2) is 37.3 Å². The number of H-pyrrole nitrogens is 1. The van der Waals surface area contributed by atoms with E-state index < -0.39 is 9.71 Å². The van der Waals surface area contributed by atoms with Crippen LogP contribution in [0.4, 0.5) is 4.39 Å². The van der Waals surface area contributed by atoms with Crippen LogP contribution in [0.25, 0.3) is 0 Å². The maximum atomic E-state index is 15.0. The minimum Gasteiger partial charge on any atom is -0.282 e. The van der Waals surface area contributed by atoms with Crippen LogP contribution in [0.2, 0.25) is 5.02 Å². The zero-order chi connectivity index (χ0) is 19.0. The van der Waals surface area contributed by atoms with Crippen molar-refractivity contribution in [2.24, 2.45) is 0 Å². The molecule has 5 rings (SSSR count). The SMILES string of the molecule is C=S(=O)(c1ccc(Cl)cc1)[N+]1(C)C2Cc3[nH]ncc3C1C1=C2CCC=C1F. The molecule has 27 heavy (non-hydrogen) atoms. The third-order valence-electron chi connectivity index (χ3n) is 6.41. The average molecular weight is 405 g/mol. The van der Waals surface area contributed by atoms with Crippen molar-refractivity contribution in [3.8, 4) is 0 Å². The first-order chi connectivity index (χ1) is 12.9. The van der Waals surface area contributed by atoms with Gasteiger partial charge in [-0.2, -0.15) is 5.10 Å². The number of nitrogens with zero attached hydrogens (tertiary/aromatic N) is 2. The van der Waals surface area contributed by atoms with Crippen LogP contribution in [0.5, 0.6) is 0 Å². The van der Waals surface area contributed by atoms with Crippen molar-refractivity contribution in [3.05, 3.63) is 69.8 Å². The van der Waals surface area contributed by atoms with Crippen molar-refractivity contribution in [3.63, 3.8) is 0 Å². The molecule has 1 aromatic carbocycles. The molecule has 0 fully saturated rings. The van der Waals surface area contributed by atoms with E-state index in [0.717, 1.165) is 23.3 Å². The zero-order valence-corrected chi connectivity index (χ0v) is 16.5. The van der Waals surface area contributed by atoms with Gasteiger partial charge in [-0.1, -0.05) is 11.6 Å². The van der Waals surface area contributed by atoms with Crippen LogP contribution in [0, 0.1) is 0 Å². The lowest BCUT2D eigenvalue weighted by Gasteiger charge is -2.46. The third-order valence-corrected chi connectivity index (χ3v) is 9.41. The molecule has 3 aliphatic rings. The number of hydrogen-bond donors (Lipinski definition) is 1. The Kier molecular flexibility index (Phi) is 3.55. The van der Waals surface area contributed by atoms with Crippen LogP contribution < -0.4 is 0 Å². The highest BCUT2D eigenvalue weighted by Gasteiger charge is 2.61. The van der Waals surface area contributed by atoms with E-state index in [0.29, 0.717) is 28.3 Å². The fourth-order valence-electron chi connectivity index (χ4n) is 5.05. The molecule has 0 amide bonds. The molecule has 1 aromatic heterocycles. The topological polar surface area (TPSA) is 45.8 Å². The fraction of sp³-hybridized carbons (Fsp3) is 0.300. The quantitative estimate of drug-likeness (QED) is 0.604. The molecule has 1 N–H and O–H groups in total. The lowest BCUT2D eigenvalue weighted by molar-refractivity contribution is -0.826. The Bertz CT molecular complexity index is 1120. The number of rotatable bonds is 2. The molecule has 0 saturated heterocycles. The van der Waals surface area contributed by atoms with E-state index in [2.05, 4.69) is 16.1 Å². The number of fused-ring (bicyclic) bond motifs is 6. The Morgan fingerprint density at radius 1 is 1.37 bits per heavy atom.